The maximum absolute atomic E-state index is 12.6. The monoisotopic (exact) mass is 343 g/mol. The summed E-state index contributed by atoms with van der Waals surface area (Å²) in [6.07, 6.45) is 8.28. The number of nitrogens with zero attached hydrogens (tertiary/aromatic N) is 2. The number of piperidine rings is 1. The molecule has 5 nitrogen and oxygen atoms in total. The molecule has 2 heterocycles. The van der Waals surface area contributed by atoms with Crippen molar-refractivity contribution in [1.29, 1.82) is 0 Å². The Labute approximate surface area is 150 Å². The zero-order chi connectivity index (χ0) is 17.6. The number of amides is 2. The largest absolute Gasteiger partial charge is 0.350 e. The number of hydrogen-bond acceptors (Lipinski definition) is 3. The van der Waals surface area contributed by atoms with Crippen LogP contribution in [-0.2, 0) is 16.1 Å². The van der Waals surface area contributed by atoms with E-state index in [-0.39, 0.29) is 17.7 Å². The SMILES string of the molecule is Cc1cccc(CNC(=O)[C@@H]2CCC(=O)N(C3CCCCCC3)C2)n1. The molecule has 0 aromatic carbocycles. The molecule has 0 unspecified atom stereocenters. The van der Waals surface area contributed by atoms with Gasteiger partial charge >= 0.3 is 0 Å². The molecule has 0 spiro atoms. The van der Waals surface area contributed by atoms with Gasteiger partial charge in [0.25, 0.3) is 0 Å². The summed E-state index contributed by atoms with van der Waals surface area (Å²) >= 11 is 0. The first-order valence-corrected chi connectivity index (χ1v) is 9.63. The van der Waals surface area contributed by atoms with Crippen molar-refractivity contribution < 1.29 is 9.59 Å². The van der Waals surface area contributed by atoms with Crippen LogP contribution in [0.4, 0.5) is 0 Å². The predicted octanol–water partition coefficient (Wildman–Crippen LogP) is 2.97. The van der Waals surface area contributed by atoms with E-state index < -0.39 is 0 Å². The van der Waals surface area contributed by atoms with Crippen molar-refractivity contribution in [1.82, 2.24) is 15.2 Å². The topological polar surface area (TPSA) is 62.3 Å². The van der Waals surface area contributed by atoms with E-state index in [2.05, 4.69) is 10.3 Å². The number of pyridine rings is 1. The molecule has 1 saturated heterocycles. The summed E-state index contributed by atoms with van der Waals surface area (Å²) in [6, 6.07) is 6.17. The second kappa shape index (κ2) is 8.45. The van der Waals surface area contributed by atoms with Crippen molar-refractivity contribution in [3.63, 3.8) is 0 Å². The first kappa shape index (κ1) is 17.9. The fourth-order valence-corrected chi connectivity index (χ4v) is 4.03. The molecule has 25 heavy (non-hydrogen) atoms. The molecule has 5 heteroatoms. The molecule has 0 radical (unpaired) electrons. The Hall–Kier alpha value is -1.91. The maximum Gasteiger partial charge on any atom is 0.225 e. The first-order valence-electron chi connectivity index (χ1n) is 9.63. The number of rotatable bonds is 4. The molecular weight excluding hydrogens is 314 g/mol. The normalized spacial score (nSPS) is 22.5. The summed E-state index contributed by atoms with van der Waals surface area (Å²) in [5.41, 5.74) is 1.83. The fourth-order valence-electron chi connectivity index (χ4n) is 4.03. The number of likely N-dealkylation sites (tertiary alicyclic amines) is 1. The van der Waals surface area contributed by atoms with E-state index in [4.69, 9.17) is 0 Å². The van der Waals surface area contributed by atoms with E-state index in [1.165, 1.54) is 25.7 Å². The van der Waals surface area contributed by atoms with Crippen molar-refractivity contribution in [2.45, 2.75) is 70.9 Å². The molecule has 2 aliphatic rings. The number of aromatic nitrogens is 1. The molecule has 0 bridgehead atoms. The van der Waals surface area contributed by atoms with Gasteiger partial charge in [-0.2, -0.15) is 0 Å². The first-order chi connectivity index (χ1) is 12.1. The quantitative estimate of drug-likeness (QED) is 0.855. The molecule has 1 N–H and O–H groups in total. The van der Waals surface area contributed by atoms with Crippen molar-refractivity contribution in [3.05, 3.63) is 29.6 Å². The van der Waals surface area contributed by atoms with E-state index in [0.29, 0.717) is 32.0 Å². The Morgan fingerprint density at radius 1 is 1.20 bits per heavy atom. The van der Waals surface area contributed by atoms with Gasteiger partial charge in [0.2, 0.25) is 11.8 Å². The fraction of sp³-hybridized carbons (Fsp3) is 0.650. The number of carbonyl (C=O) groups excluding carboxylic acids is 2. The highest BCUT2D eigenvalue weighted by Gasteiger charge is 2.34. The van der Waals surface area contributed by atoms with Crippen LogP contribution in [0.3, 0.4) is 0 Å². The van der Waals surface area contributed by atoms with Crippen LogP contribution in [0.1, 0.15) is 62.8 Å². The molecule has 1 aliphatic carbocycles. The Morgan fingerprint density at radius 2 is 1.96 bits per heavy atom. The lowest BCUT2D eigenvalue weighted by atomic mass is 9.93. The molecule has 1 aromatic heterocycles. The molecule has 1 saturated carbocycles. The molecule has 2 fully saturated rings. The van der Waals surface area contributed by atoms with Crippen molar-refractivity contribution in [3.8, 4) is 0 Å². The van der Waals surface area contributed by atoms with Gasteiger partial charge in [-0.3, -0.25) is 14.6 Å². The van der Waals surface area contributed by atoms with Crippen LogP contribution in [-0.4, -0.2) is 34.3 Å². The lowest BCUT2D eigenvalue weighted by Crippen LogP contribution is -2.49. The standard InChI is InChI=1S/C20H29N3O2/c1-15-7-6-8-17(22-15)13-21-20(25)16-11-12-19(24)23(14-16)18-9-4-2-3-5-10-18/h6-8,16,18H,2-5,9-14H2,1H3,(H,21,25)/t16-/m1/s1. The highest BCUT2D eigenvalue weighted by atomic mass is 16.2. The third kappa shape index (κ3) is 4.80. The Balaban J connectivity index is 1.56. The van der Waals surface area contributed by atoms with E-state index in [1.807, 2.05) is 30.0 Å². The molecule has 2 amide bonds. The summed E-state index contributed by atoms with van der Waals surface area (Å²) in [4.78, 5) is 31.4. The summed E-state index contributed by atoms with van der Waals surface area (Å²) in [5.74, 6) is 0.191. The third-order valence-corrected chi connectivity index (χ3v) is 5.47. The molecule has 136 valence electrons. The van der Waals surface area contributed by atoms with E-state index in [9.17, 15) is 9.59 Å². The number of nitrogens with one attached hydrogen (secondary N) is 1. The highest BCUT2D eigenvalue weighted by molar-refractivity contribution is 5.84. The van der Waals surface area contributed by atoms with Gasteiger partial charge in [0, 0.05) is 24.7 Å². The predicted molar refractivity (Wildman–Crippen MR) is 96.7 cm³/mol. The Morgan fingerprint density at radius 3 is 2.68 bits per heavy atom. The summed E-state index contributed by atoms with van der Waals surface area (Å²) in [6.45, 7) is 2.98. The average Bonchev–Trinajstić information content (AvgIpc) is 2.89. The smallest absolute Gasteiger partial charge is 0.225 e. The minimum Gasteiger partial charge on any atom is -0.350 e. The van der Waals surface area contributed by atoms with Crippen LogP contribution in [0.25, 0.3) is 0 Å². The van der Waals surface area contributed by atoms with Crippen LogP contribution in [0.5, 0.6) is 0 Å². The zero-order valence-corrected chi connectivity index (χ0v) is 15.2. The van der Waals surface area contributed by atoms with Gasteiger partial charge in [-0.25, -0.2) is 0 Å². The Kier molecular flexibility index (Phi) is 6.05. The van der Waals surface area contributed by atoms with Crippen LogP contribution < -0.4 is 5.32 Å². The summed E-state index contributed by atoms with van der Waals surface area (Å²) in [7, 11) is 0. The minimum absolute atomic E-state index is 0.0504. The van der Waals surface area contributed by atoms with Gasteiger partial charge in [0.05, 0.1) is 18.2 Å². The van der Waals surface area contributed by atoms with Gasteiger partial charge in [-0.05, 0) is 38.3 Å². The molecule has 1 aliphatic heterocycles. The maximum atomic E-state index is 12.6. The van der Waals surface area contributed by atoms with Gasteiger partial charge in [0.15, 0.2) is 0 Å². The molecule has 1 aromatic rings. The van der Waals surface area contributed by atoms with Crippen LogP contribution >= 0.6 is 0 Å². The van der Waals surface area contributed by atoms with E-state index in [1.54, 1.807) is 0 Å². The highest BCUT2D eigenvalue weighted by Crippen LogP contribution is 2.27. The van der Waals surface area contributed by atoms with Gasteiger partial charge in [0.1, 0.15) is 0 Å². The van der Waals surface area contributed by atoms with Crippen molar-refractivity contribution in [2.75, 3.05) is 6.54 Å². The van der Waals surface area contributed by atoms with Gasteiger partial charge in [-0.1, -0.05) is 31.7 Å². The van der Waals surface area contributed by atoms with E-state index >= 15 is 0 Å². The second-order valence-electron chi connectivity index (χ2n) is 7.42. The summed E-state index contributed by atoms with van der Waals surface area (Å²) < 4.78 is 0. The second-order valence-corrected chi connectivity index (χ2v) is 7.42. The van der Waals surface area contributed by atoms with Gasteiger partial charge < -0.3 is 10.2 Å². The molecule has 3 rings (SSSR count). The minimum atomic E-state index is -0.0919. The third-order valence-electron chi connectivity index (χ3n) is 5.47. The van der Waals surface area contributed by atoms with Crippen LogP contribution in [0, 0.1) is 12.8 Å². The average molecular weight is 343 g/mol. The summed E-state index contributed by atoms with van der Waals surface area (Å²) in [5, 5.41) is 3.01. The number of carbonyl (C=O) groups is 2. The van der Waals surface area contributed by atoms with Crippen LogP contribution in [0.15, 0.2) is 18.2 Å². The molecule has 1 atom stereocenters. The van der Waals surface area contributed by atoms with Gasteiger partial charge in [-0.15, -0.1) is 0 Å². The van der Waals surface area contributed by atoms with Crippen molar-refractivity contribution in [2.24, 2.45) is 5.92 Å². The van der Waals surface area contributed by atoms with E-state index in [0.717, 1.165) is 24.2 Å². The zero-order valence-electron chi connectivity index (χ0n) is 15.2. The van der Waals surface area contributed by atoms with Crippen molar-refractivity contribution >= 4 is 11.8 Å². The van der Waals surface area contributed by atoms with Crippen LogP contribution in [0.2, 0.25) is 0 Å². The number of hydrogen-bond donors (Lipinski definition) is 1. The lowest BCUT2D eigenvalue weighted by Gasteiger charge is -2.37. The Bertz CT molecular complexity index is 609. The number of aryl methyl sites for hydroxylation is 1. The molecular formula is C20H29N3O2. The lowest BCUT2D eigenvalue weighted by molar-refractivity contribution is -0.141.